The third-order valence-corrected chi connectivity index (χ3v) is 1.02. The Balaban J connectivity index is 3.65. The molecular formula is C2H2O7Si. The van der Waals surface area contributed by atoms with Gasteiger partial charge in [0.1, 0.15) is 0 Å². The molecule has 0 unspecified atom stereocenters. The molecule has 0 saturated carbocycles. The third-order valence-electron chi connectivity index (χ3n) is 0.341. The minimum Gasteiger partial charge on any atom is -0.450 e. The Hall–Kier alpha value is -1.44. The van der Waals surface area contributed by atoms with Crippen LogP contribution in [0.5, 0.6) is 0 Å². The predicted octanol–water partition coefficient (Wildman–Crippen LogP) is -0.209. The summed E-state index contributed by atoms with van der Waals surface area (Å²) >= 11 is 0. The monoisotopic (exact) mass is 166 g/mol. The van der Waals surface area contributed by atoms with Gasteiger partial charge in [-0.15, -0.1) is 0 Å². The highest BCUT2D eigenvalue weighted by Gasteiger charge is 2.19. The fourth-order valence-corrected chi connectivity index (χ4v) is 0.490. The SMILES string of the molecule is O=C(O)O[Si](=O)OC(=O)O. The van der Waals surface area contributed by atoms with Crippen molar-refractivity contribution in [1.82, 2.24) is 0 Å². The summed E-state index contributed by atoms with van der Waals surface area (Å²) in [4.78, 5) is 19.0. The molecule has 0 aliphatic rings. The van der Waals surface area contributed by atoms with Crippen molar-refractivity contribution >= 4 is 21.5 Å². The zero-order chi connectivity index (χ0) is 8.15. The van der Waals surface area contributed by atoms with Gasteiger partial charge in [0.15, 0.2) is 0 Å². The predicted molar refractivity (Wildman–Crippen MR) is 24.7 cm³/mol. The summed E-state index contributed by atoms with van der Waals surface area (Å²) in [5, 5.41) is 15.5. The van der Waals surface area contributed by atoms with Crippen molar-refractivity contribution in [3.8, 4) is 0 Å². The third kappa shape index (κ3) is 4.71. The maximum atomic E-state index is 10.0. The van der Waals surface area contributed by atoms with Gasteiger partial charge in [-0.1, -0.05) is 0 Å². The molecule has 2 N–H and O–H groups in total. The molecule has 8 heteroatoms. The summed E-state index contributed by atoms with van der Waals surface area (Å²) in [6, 6.07) is 0. The van der Waals surface area contributed by atoms with Crippen LogP contribution in [-0.4, -0.2) is 31.7 Å². The molecule has 0 bridgehead atoms. The molecule has 0 fully saturated rings. The van der Waals surface area contributed by atoms with Crippen molar-refractivity contribution < 1.29 is 33.1 Å². The molecule has 7 nitrogen and oxygen atoms in total. The highest BCUT2D eigenvalue weighted by molar-refractivity contribution is 6.31. The molecular weight excluding hydrogens is 164 g/mol. The first-order valence-corrected chi connectivity index (χ1v) is 3.10. The molecule has 0 rings (SSSR count). The van der Waals surface area contributed by atoms with Crippen LogP contribution in [0.25, 0.3) is 0 Å². The number of hydrogen-bond acceptors (Lipinski definition) is 5. The Morgan fingerprint density at radius 3 is 1.60 bits per heavy atom. The summed E-state index contributed by atoms with van der Waals surface area (Å²) < 4.78 is 16.9. The number of rotatable bonds is 2. The summed E-state index contributed by atoms with van der Waals surface area (Å²) in [6.45, 7) is 0. The van der Waals surface area contributed by atoms with Gasteiger partial charge in [-0.25, -0.2) is 9.59 Å². The molecule has 56 valence electrons. The average Bonchev–Trinajstić information content (AvgIpc) is 1.58. The van der Waals surface area contributed by atoms with Gasteiger partial charge in [0, 0.05) is 0 Å². The molecule has 0 amide bonds. The van der Waals surface area contributed by atoms with Crippen molar-refractivity contribution in [2.45, 2.75) is 0 Å². The molecule has 0 aromatic heterocycles. The van der Waals surface area contributed by atoms with E-state index in [0.29, 0.717) is 0 Å². The van der Waals surface area contributed by atoms with Crippen LogP contribution >= 0.6 is 0 Å². The molecule has 0 aromatic carbocycles. The lowest BCUT2D eigenvalue weighted by atomic mass is 11.5. The normalized spacial score (nSPS) is 8.00. The van der Waals surface area contributed by atoms with Crippen molar-refractivity contribution in [3.05, 3.63) is 0 Å². The smallest absolute Gasteiger partial charge is 0.450 e. The standard InChI is InChI=1S/C2H2O7Si/c3-1(4)8-10(7)9-2(5)6/h(H,3,4)(H,5,6). The summed E-state index contributed by atoms with van der Waals surface area (Å²) in [5.74, 6) is 0. The van der Waals surface area contributed by atoms with Crippen molar-refractivity contribution in [3.63, 3.8) is 0 Å². The lowest BCUT2D eigenvalue weighted by Crippen LogP contribution is -2.18. The minimum absolute atomic E-state index is 1.84. The van der Waals surface area contributed by atoms with E-state index in [0.717, 1.165) is 0 Å². The summed E-state index contributed by atoms with van der Waals surface area (Å²) in [7, 11) is -3.44. The maximum Gasteiger partial charge on any atom is 0.787 e. The second kappa shape index (κ2) is 3.56. The van der Waals surface area contributed by atoms with Crippen LogP contribution < -0.4 is 0 Å². The van der Waals surface area contributed by atoms with Gasteiger partial charge in [0.05, 0.1) is 0 Å². The molecule has 0 heterocycles. The van der Waals surface area contributed by atoms with E-state index in [4.69, 9.17) is 10.2 Å². The summed E-state index contributed by atoms with van der Waals surface area (Å²) in [5.41, 5.74) is 0. The first-order valence-electron chi connectivity index (χ1n) is 1.88. The molecule has 0 atom stereocenters. The average molecular weight is 166 g/mol. The summed E-state index contributed by atoms with van der Waals surface area (Å²) in [6.07, 6.45) is -3.68. The number of hydrogen-bond donors (Lipinski definition) is 2. The van der Waals surface area contributed by atoms with Gasteiger partial charge in [-0.2, -0.15) is 0 Å². The molecule has 0 aliphatic heterocycles. The van der Waals surface area contributed by atoms with E-state index in [2.05, 4.69) is 8.85 Å². The Kier molecular flexibility index (Phi) is 3.04. The molecule has 0 radical (unpaired) electrons. The van der Waals surface area contributed by atoms with Crippen LogP contribution in [-0.2, 0) is 13.3 Å². The lowest BCUT2D eigenvalue weighted by molar-refractivity contribution is 0.106. The Bertz CT molecular complexity index is 154. The van der Waals surface area contributed by atoms with Crippen LogP contribution in [0.2, 0.25) is 0 Å². The highest BCUT2D eigenvalue weighted by atomic mass is 28.3. The van der Waals surface area contributed by atoms with Gasteiger partial charge in [-0.3, -0.25) is 4.46 Å². The molecule has 10 heavy (non-hydrogen) atoms. The zero-order valence-electron chi connectivity index (χ0n) is 4.44. The van der Waals surface area contributed by atoms with Crippen LogP contribution in [0, 0.1) is 0 Å². The van der Waals surface area contributed by atoms with E-state index in [1.165, 1.54) is 0 Å². The minimum atomic E-state index is -3.44. The van der Waals surface area contributed by atoms with Crippen molar-refractivity contribution in [2.24, 2.45) is 0 Å². The Morgan fingerprint density at radius 2 is 1.40 bits per heavy atom. The van der Waals surface area contributed by atoms with Crippen LogP contribution in [0.3, 0.4) is 0 Å². The first kappa shape index (κ1) is 8.56. The Labute approximate surface area is 55.7 Å². The van der Waals surface area contributed by atoms with Crippen LogP contribution in [0.4, 0.5) is 9.59 Å². The highest BCUT2D eigenvalue weighted by Crippen LogP contribution is 1.80. The topological polar surface area (TPSA) is 110 Å². The second-order valence-corrected chi connectivity index (χ2v) is 1.89. The number of carboxylic acid groups (broad SMARTS) is 2. The Morgan fingerprint density at radius 1 is 1.10 bits per heavy atom. The number of carbonyl (C=O) groups is 2. The van der Waals surface area contributed by atoms with Gasteiger partial charge in [0.2, 0.25) is 0 Å². The second-order valence-electron chi connectivity index (χ2n) is 0.986. The van der Waals surface area contributed by atoms with Gasteiger partial charge >= 0.3 is 21.5 Å². The van der Waals surface area contributed by atoms with E-state index in [1.54, 1.807) is 0 Å². The van der Waals surface area contributed by atoms with Gasteiger partial charge in [-0.05, 0) is 0 Å². The lowest BCUT2D eigenvalue weighted by Gasteiger charge is -1.92. The zero-order valence-corrected chi connectivity index (χ0v) is 5.44. The van der Waals surface area contributed by atoms with Crippen molar-refractivity contribution in [1.29, 1.82) is 0 Å². The van der Waals surface area contributed by atoms with Gasteiger partial charge < -0.3 is 19.1 Å². The maximum absolute atomic E-state index is 10.0. The first-order chi connectivity index (χ1) is 4.52. The molecule has 0 saturated heterocycles. The molecule has 0 aliphatic carbocycles. The largest absolute Gasteiger partial charge is 0.787 e. The fraction of sp³-hybridized carbons (Fsp3) is 0. The van der Waals surface area contributed by atoms with E-state index in [-0.39, 0.29) is 0 Å². The molecule has 0 aromatic rings. The van der Waals surface area contributed by atoms with Crippen LogP contribution in [0.15, 0.2) is 0 Å². The van der Waals surface area contributed by atoms with E-state index in [1.807, 2.05) is 0 Å². The fourth-order valence-electron chi connectivity index (χ4n) is 0.163. The van der Waals surface area contributed by atoms with E-state index in [9.17, 15) is 14.1 Å². The van der Waals surface area contributed by atoms with E-state index < -0.39 is 21.5 Å². The van der Waals surface area contributed by atoms with Gasteiger partial charge in [0.25, 0.3) is 0 Å². The van der Waals surface area contributed by atoms with E-state index >= 15 is 0 Å². The quantitative estimate of drug-likeness (QED) is 0.546. The van der Waals surface area contributed by atoms with Crippen LogP contribution in [0.1, 0.15) is 0 Å². The van der Waals surface area contributed by atoms with Crippen molar-refractivity contribution in [2.75, 3.05) is 0 Å². The molecule has 0 spiro atoms.